The quantitative estimate of drug-likeness (QED) is 0.245. The third-order valence-corrected chi connectivity index (χ3v) is 7.65. The maximum atomic E-state index is 13.7. The second-order valence-corrected chi connectivity index (χ2v) is 11.7. The molecule has 0 spiro atoms. The molecule has 1 aliphatic carbocycles. The van der Waals surface area contributed by atoms with E-state index in [-0.39, 0.29) is 34.9 Å². The van der Waals surface area contributed by atoms with Crippen LogP contribution in [0, 0.1) is 11.8 Å². The van der Waals surface area contributed by atoms with Crippen LogP contribution in [0.3, 0.4) is 0 Å². The fourth-order valence-electron chi connectivity index (χ4n) is 5.18. The lowest BCUT2D eigenvalue weighted by Gasteiger charge is -2.30. The number of nitrogens with two attached hydrogens (primary N) is 1. The molecule has 12 nitrogen and oxygen atoms in total. The molecule has 244 valence electrons. The first kappa shape index (κ1) is 36.6. The number of ether oxygens (including phenoxy) is 3. The molecule has 1 heterocycles. The van der Waals surface area contributed by atoms with Crippen molar-refractivity contribution in [3.63, 3.8) is 0 Å². The first-order valence-electron chi connectivity index (χ1n) is 14.7. The van der Waals surface area contributed by atoms with Gasteiger partial charge < -0.3 is 40.6 Å². The molecular formula is C32H48N4O8. The van der Waals surface area contributed by atoms with Crippen LogP contribution in [0.5, 0.6) is 0 Å². The van der Waals surface area contributed by atoms with Gasteiger partial charge in [-0.25, -0.2) is 4.79 Å². The van der Waals surface area contributed by atoms with E-state index in [1.54, 1.807) is 32.1 Å². The summed E-state index contributed by atoms with van der Waals surface area (Å²) in [4.78, 5) is 53.7. The second kappa shape index (κ2) is 17.0. The van der Waals surface area contributed by atoms with Crippen LogP contribution in [0.2, 0.25) is 0 Å². The molecule has 5 N–H and O–H groups in total. The number of fused-ring (bicyclic) bond motifs is 2. The number of allylic oxidation sites excluding steroid dienone is 4. The van der Waals surface area contributed by atoms with Gasteiger partial charge in [-0.1, -0.05) is 38.2 Å². The predicted octanol–water partition coefficient (Wildman–Crippen LogP) is 1.91. The fourth-order valence-corrected chi connectivity index (χ4v) is 5.18. The smallest absolute Gasteiger partial charge is 0.405 e. The number of hydrogen-bond donors (Lipinski definition) is 4. The van der Waals surface area contributed by atoms with Gasteiger partial charge in [-0.05, 0) is 52.3 Å². The summed E-state index contributed by atoms with van der Waals surface area (Å²) >= 11 is 0. The molecule has 2 aliphatic rings. The van der Waals surface area contributed by atoms with Gasteiger partial charge in [-0.3, -0.25) is 14.4 Å². The molecule has 0 saturated carbocycles. The van der Waals surface area contributed by atoms with E-state index in [0.29, 0.717) is 25.1 Å². The van der Waals surface area contributed by atoms with E-state index >= 15 is 0 Å². The van der Waals surface area contributed by atoms with Crippen molar-refractivity contribution < 1.29 is 38.5 Å². The minimum atomic E-state index is -0.997. The Morgan fingerprint density at radius 2 is 1.84 bits per heavy atom. The number of nitrogens with one attached hydrogen (secondary N) is 2. The number of aliphatic hydroxyl groups excluding tert-OH is 1. The van der Waals surface area contributed by atoms with Crippen molar-refractivity contribution in [1.82, 2.24) is 15.5 Å². The number of rotatable bonds is 7. The second-order valence-electron chi connectivity index (χ2n) is 11.7. The van der Waals surface area contributed by atoms with Crippen LogP contribution in [-0.4, -0.2) is 99.4 Å². The highest BCUT2D eigenvalue weighted by atomic mass is 16.6. The Morgan fingerprint density at radius 1 is 1.16 bits per heavy atom. The van der Waals surface area contributed by atoms with Crippen LogP contribution in [0.4, 0.5) is 4.79 Å². The molecule has 0 aromatic rings. The molecule has 0 saturated heterocycles. The van der Waals surface area contributed by atoms with Gasteiger partial charge in [-0.15, -0.1) is 0 Å². The lowest BCUT2D eigenvalue weighted by Crippen LogP contribution is -2.38. The minimum Gasteiger partial charge on any atom is -0.439 e. The number of aliphatic hydroxyl groups is 1. The summed E-state index contributed by atoms with van der Waals surface area (Å²) in [6.45, 7) is 8.09. The summed E-state index contributed by atoms with van der Waals surface area (Å²) in [5, 5.41) is 17.0. The third-order valence-electron chi connectivity index (χ3n) is 7.65. The molecule has 2 rings (SSSR count). The van der Waals surface area contributed by atoms with Gasteiger partial charge >= 0.3 is 6.09 Å². The van der Waals surface area contributed by atoms with Crippen molar-refractivity contribution in [2.24, 2.45) is 17.6 Å². The van der Waals surface area contributed by atoms with Crippen molar-refractivity contribution in [3.05, 3.63) is 58.5 Å². The van der Waals surface area contributed by atoms with Crippen molar-refractivity contribution >= 4 is 23.6 Å². The zero-order valence-corrected chi connectivity index (χ0v) is 27.0. The highest BCUT2D eigenvalue weighted by Gasteiger charge is 2.33. The predicted molar refractivity (Wildman–Crippen MR) is 166 cm³/mol. The number of ketones is 2. The number of Topliss-reactive ketones (excluding diaryl/α,β-unsaturated/α-hetero) is 1. The maximum Gasteiger partial charge on any atom is 0.405 e. The van der Waals surface area contributed by atoms with E-state index in [0.717, 1.165) is 6.08 Å². The number of methoxy groups -OCH3 is 2. The summed E-state index contributed by atoms with van der Waals surface area (Å²) in [6, 6.07) is 0. The van der Waals surface area contributed by atoms with Gasteiger partial charge in [-0.2, -0.15) is 0 Å². The lowest BCUT2D eigenvalue weighted by atomic mass is 9.85. The molecule has 2 bridgehead atoms. The molecule has 1 aliphatic heterocycles. The fraction of sp³-hybridized carbons (Fsp3) is 0.562. The average molecular weight is 617 g/mol. The summed E-state index contributed by atoms with van der Waals surface area (Å²) in [6.07, 6.45) is 3.88. The molecule has 12 heteroatoms. The number of carbonyl (C=O) groups excluding carboxylic acids is 4. The van der Waals surface area contributed by atoms with E-state index in [4.69, 9.17) is 19.9 Å². The van der Waals surface area contributed by atoms with Crippen LogP contribution in [0.25, 0.3) is 0 Å². The van der Waals surface area contributed by atoms with E-state index in [1.165, 1.54) is 20.3 Å². The number of hydrogen-bond acceptors (Lipinski definition) is 10. The number of carbonyl (C=O) groups is 4. The highest BCUT2D eigenvalue weighted by molar-refractivity contribution is 6.23. The Labute approximate surface area is 260 Å². The van der Waals surface area contributed by atoms with E-state index in [2.05, 4.69) is 10.6 Å². The van der Waals surface area contributed by atoms with Crippen LogP contribution in [0.1, 0.15) is 40.5 Å². The largest absolute Gasteiger partial charge is 0.439 e. The number of amides is 2. The van der Waals surface area contributed by atoms with E-state index in [1.807, 2.05) is 32.8 Å². The molecule has 0 fully saturated rings. The van der Waals surface area contributed by atoms with Gasteiger partial charge in [0.25, 0.3) is 5.91 Å². The normalized spacial score (nSPS) is 31.0. The van der Waals surface area contributed by atoms with Gasteiger partial charge in [0.1, 0.15) is 6.10 Å². The number of primary amides is 1. The van der Waals surface area contributed by atoms with Gasteiger partial charge in [0.05, 0.1) is 23.6 Å². The summed E-state index contributed by atoms with van der Waals surface area (Å²) in [5.41, 5.74) is 6.55. The van der Waals surface area contributed by atoms with Gasteiger partial charge in [0, 0.05) is 50.4 Å². The van der Waals surface area contributed by atoms with Crippen molar-refractivity contribution in [3.8, 4) is 0 Å². The first-order chi connectivity index (χ1) is 20.7. The molecule has 6 unspecified atom stereocenters. The lowest BCUT2D eigenvalue weighted by molar-refractivity contribution is -0.120. The Hall–Kier alpha value is -3.58. The standard InChI is InChI=1S/C32H48N4O8/c1-18-14-22-27(34-12-13-36(5)6)24(37)17-23(29(22)39)35-31(40)19(2)10-9-11-25(42-7)30(44-32(33)41)21(4)16-20(3)28(38)26(15-18)43-8/h9-11,16-18,20,25-26,28,30,34,38H,12-15H2,1-8H3,(H2,33,41)(H,35,40)/b11-9+,19-10+,21-16+. The van der Waals surface area contributed by atoms with Crippen molar-refractivity contribution in [2.75, 3.05) is 41.4 Å². The molecule has 0 aromatic carbocycles. The molecule has 0 radical (unpaired) electrons. The highest BCUT2D eigenvalue weighted by Crippen LogP contribution is 2.28. The van der Waals surface area contributed by atoms with Crippen LogP contribution >= 0.6 is 0 Å². The topological polar surface area (TPSA) is 170 Å². The van der Waals surface area contributed by atoms with Crippen molar-refractivity contribution in [1.29, 1.82) is 0 Å². The molecule has 0 aromatic heterocycles. The Kier molecular flexibility index (Phi) is 14.2. The zero-order chi connectivity index (χ0) is 33.1. The average Bonchev–Trinajstić information content (AvgIpc) is 2.95. The van der Waals surface area contributed by atoms with Crippen LogP contribution < -0.4 is 16.4 Å². The molecule has 2 amide bonds. The minimum absolute atomic E-state index is 0.114. The Morgan fingerprint density at radius 3 is 2.43 bits per heavy atom. The molecule has 44 heavy (non-hydrogen) atoms. The summed E-state index contributed by atoms with van der Waals surface area (Å²) < 4.78 is 16.6. The zero-order valence-electron chi connectivity index (χ0n) is 27.0. The van der Waals surface area contributed by atoms with Crippen LogP contribution in [0.15, 0.2) is 58.5 Å². The SMILES string of the molecule is COC1/C=C/C=C(\C)C(=O)NC2=CC(=O)C(NCCN(C)C)=C(CC(C)CC(OC)C(O)C(C)/C=C(\C)C1OC(N)=O)C2=O. The molecular weight excluding hydrogens is 568 g/mol. The number of nitrogens with zero attached hydrogens (tertiary/aromatic N) is 1. The monoisotopic (exact) mass is 616 g/mol. The van der Waals surface area contributed by atoms with Gasteiger partial charge in [0.2, 0.25) is 11.6 Å². The number of likely N-dealkylation sites (N-methyl/N-ethyl adjacent to an activating group) is 1. The third kappa shape index (κ3) is 10.3. The first-order valence-corrected chi connectivity index (χ1v) is 14.7. The summed E-state index contributed by atoms with van der Waals surface area (Å²) in [5.74, 6) is -2.06. The van der Waals surface area contributed by atoms with Crippen LogP contribution in [-0.2, 0) is 28.6 Å². The van der Waals surface area contributed by atoms with Gasteiger partial charge in [0.15, 0.2) is 6.10 Å². The Bertz CT molecular complexity index is 1230. The Balaban J connectivity index is 2.60. The van der Waals surface area contributed by atoms with E-state index < -0.39 is 53.9 Å². The van der Waals surface area contributed by atoms with Crippen molar-refractivity contribution in [2.45, 2.75) is 65.0 Å². The molecule has 6 atom stereocenters. The maximum absolute atomic E-state index is 13.7. The van der Waals surface area contributed by atoms with E-state index in [9.17, 15) is 24.3 Å². The summed E-state index contributed by atoms with van der Waals surface area (Å²) in [7, 11) is 6.74.